The molecule has 8 nitrogen and oxygen atoms in total. The lowest BCUT2D eigenvalue weighted by molar-refractivity contribution is -0.132. The third-order valence-electron chi connectivity index (χ3n) is 6.58. The number of nitrogens with zero attached hydrogens (tertiary/aromatic N) is 3. The van der Waals surface area contributed by atoms with Crippen LogP contribution < -0.4 is 14.4 Å². The van der Waals surface area contributed by atoms with Gasteiger partial charge in [0.25, 0.3) is 5.78 Å². The van der Waals surface area contributed by atoms with Crippen molar-refractivity contribution in [3.63, 3.8) is 0 Å². The van der Waals surface area contributed by atoms with Gasteiger partial charge < -0.3 is 14.6 Å². The summed E-state index contributed by atoms with van der Waals surface area (Å²) in [4.78, 5) is 28.4. The number of rotatable bonds is 12. The Hall–Kier alpha value is -3.83. The van der Waals surface area contributed by atoms with Crippen LogP contribution in [0, 0.1) is 0 Å². The highest BCUT2D eigenvalue weighted by molar-refractivity contribution is 8.00. The van der Waals surface area contributed by atoms with Gasteiger partial charge in [-0.3, -0.25) is 14.5 Å². The maximum Gasteiger partial charge on any atom is 0.301 e. The Morgan fingerprint density at radius 1 is 1.05 bits per heavy atom. The molecule has 1 N–H and O–H groups in total. The zero-order valence-corrected chi connectivity index (χ0v) is 26.7. The molecule has 12 heteroatoms. The molecule has 0 saturated carbocycles. The van der Waals surface area contributed by atoms with Crippen LogP contribution in [0.4, 0.5) is 5.13 Å². The summed E-state index contributed by atoms with van der Waals surface area (Å²) in [6.45, 7) is 6.54. The zero-order valence-electron chi connectivity index (χ0n) is 23.5. The van der Waals surface area contributed by atoms with E-state index in [9.17, 15) is 14.7 Å². The van der Waals surface area contributed by atoms with Crippen LogP contribution >= 0.6 is 46.3 Å². The largest absolute Gasteiger partial charge is 0.507 e. The number of halogens is 2. The molecular formula is C32H27Cl2N3O5S2. The summed E-state index contributed by atoms with van der Waals surface area (Å²) in [5.74, 6) is -0.237. The Kier molecular flexibility index (Phi) is 10.3. The molecule has 1 fully saturated rings. The van der Waals surface area contributed by atoms with Crippen molar-refractivity contribution in [1.82, 2.24) is 10.2 Å². The Labute approximate surface area is 272 Å². The molecule has 1 aliphatic heterocycles. The first-order chi connectivity index (χ1) is 21.3. The number of aliphatic hydroxyl groups excluding tert-OH is 1. The molecule has 1 saturated heterocycles. The van der Waals surface area contributed by atoms with Crippen molar-refractivity contribution in [2.24, 2.45) is 0 Å². The number of aromatic nitrogens is 2. The second kappa shape index (κ2) is 14.3. The Bertz CT molecular complexity index is 1710. The lowest BCUT2D eigenvalue weighted by atomic mass is 9.95. The predicted octanol–water partition coefficient (Wildman–Crippen LogP) is 8.12. The summed E-state index contributed by atoms with van der Waals surface area (Å²) in [5.41, 5.74) is 1.76. The van der Waals surface area contributed by atoms with Crippen LogP contribution in [0.2, 0.25) is 10.0 Å². The average molecular weight is 669 g/mol. The van der Waals surface area contributed by atoms with Crippen LogP contribution in [0.25, 0.3) is 5.76 Å². The van der Waals surface area contributed by atoms with Gasteiger partial charge in [0.2, 0.25) is 5.13 Å². The number of carbonyl (C=O) groups is 2. The molecule has 3 aromatic carbocycles. The van der Waals surface area contributed by atoms with Gasteiger partial charge in [0, 0.05) is 21.4 Å². The Morgan fingerprint density at radius 3 is 2.43 bits per heavy atom. The quantitative estimate of drug-likeness (QED) is 0.0404. The molecule has 226 valence electrons. The highest BCUT2D eigenvalue weighted by Gasteiger charge is 2.48. The van der Waals surface area contributed by atoms with Crippen LogP contribution in [0.1, 0.15) is 36.1 Å². The van der Waals surface area contributed by atoms with Crippen molar-refractivity contribution in [2.45, 2.75) is 29.5 Å². The number of aliphatic hydroxyl groups is 1. The lowest BCUT2D eigenvalue weighted by Gasteiger charge is -2.22. The second-order valence-corrected chi connectivity index (χ2v) is 12.6. The number of ketones is 1. The van der Waals surface area contributed by atoms with E-state index in [1.165, 1.54) is 16.7 Å². The molecule has 0 bridgehead atoms. The minimum atomic E-state index is -0.962. The normalized spacial score (nSPS) is 15.9. The number of amides is 1. The number of anilines is 1. The fourth-order valence-corrected chi connectivity index (χ4v) is 6.89. The number of carbonyl (C=O) groups excluding carboxylic acids is 2. The summed E-state index contributed by atoms with van der Waals surface area (Å²) in [6, 6.07) is 18.0. The highest BCUT2D eigenvalue weighted by Crippen LogP contribution is 2.44. The van der Waals surface area contributed by atoms with Gasteiger partial charge in [0.1, 0.15) is 23.9 Å². The Balaban J connectivity index is 1.50. The van der Waals surface area contributed by atoms with E-state index in [2.05, 4.69) is 16.8 Å². The first-order valence-corrected chi connectivity index (χ1v) is 16.1. The van der Waals surface area contributed by atoms with E-state index in [1.807, 2.05) is 13.0 Å². The smallest absolute Gasteiger partial charge is 0.301 e. The Morgan fingerprint density at radius 2 is 1.75 bits per heavy atom. The molecule has 1 atom stereocenters. The molecule has 1 aliphatic rings. The fraction of sp³-hybridized carbons (Fsp3) is 0.188. The third kappa shape index (κ3) is 6.94. The monoisotopic (exact) mass is 667 g/mol. The number of thioether (sulfide) groups is 1. The summed E-state index contributed by atoms with van der Waals surface area (Å²) < 4.78 is 11.8. The van der Waals surface area contributed by atoms with Crippen molar-refractivity contribution in [3.05, 3.63) is 112 Å². The van der Waals surface area contributed by atoms with Crippen molar-refractivity contribution in [3.8, 4) is 11.5 Å². The van der Waals surface area contributed by atoms with E-state index in [0.29, 0.717) is 56.0 Å². The summed E-state index contributed by atoms with van der Waals surface area (Å²) in [5, 5.41) is 21.3. The zero-order chi connectivity index (χ0) is 31.2. The predicted molar refractivity (Wildman–Crippen MR) is 175 cm³/mol. The van der Waals surface area contributed by atoms with E-state index in [4.69, 9.17) is 32.7 Å². The SMILES string of the molecule is C=CCOc1ccc(C2/C(=C(/O)c3ccc(OCCC)cc3)C(=O)C(=O)N2c2nnc(SCc3ccc(Cl)cc3Cl)s2)cc1. The fourth-order valence-electron chi connectivity index (χ4n) is 4.47. The van der Waals surface area contributed by atoms with E-state index in [-0.39, 0.29) is 16.5 Å². The van der Waals surface area contributed by atoms with Gasteiger partial charge in [-0.05, 0) is 66.1 Å². The molecule has 0 aliphatic carbocycles. The standard InChI is InChI=1S/C32H27Cl2N3O5S2/c1-3-15-41-23-11-6-19(7-12-23)27-26(28(38)20-8-13-24(14-9-20)42-16-4-2)29(39)30(40)37(27)31-35-36-32(44-31)43-18-21-5-10-22(33)17-25(21)34/h3,5-14,17,27,38H,1,4,15-16,18H2,2H3/b28-26-. The van der Waals surface area contributed by atoms with Crippen LogP contribution in [0.5, 0.6) is 11.5 Å². The number of Topliss-reactive ketones (excluding diaryl/α,β-unsaturated/α-hetero) is 1. The average Bonchev–Trinajstić information content (AvgIpc) is 3.60. The van der Waals surface area contributed by atoms with Crippen LogP contribution in [-0.2, 0) is 15.3 Å². The van der Waals surface area contributed by atoms with E-state index in [1.54, 1.807) is 66.7 Å². The van der Waals surface area contributed by atoms with Gasteiger partial charge in [0.05, 0.1) is 18.2 Å². The molecule has 4 aromatic rings. The van der Waals surface area contributed by atoms with Crippen molar-refractivity contribution >= 4 is 68.9 Å². The number of hydrogen-bond donors (Lipinski definition) is 1. The number of benzene rings is 3. The van der Waals surface area contributed by atoms with Crippen molar-refractivity contribution in [1.29, 1.82) is 0 Å². The molecule has 0 radical (unpaired) electrons. The summed E-state index contributed by atoms with van der Waals surface area (Å²) in [6.07, 6.45) is 2.48. The van der Waals surface area contributed by atoms with Crippen LogP contribution in [-0.4, -0.2) is 40.2 Å². The van der Waals surface area contributed by atoms with Crippen LogP contribution in [0.15, 0.2) is 89.3 Å². The first kappa shape index (κ1) is 31.6. The number of ether oxygens (including phenoxy) is 2. The van der Waals surface area contributed by atoms with Gasteiger partial charge >= 0.3 is 5.91 Å². The second-order valence-electron chi connectivity index (χ2n) is 9.59. The van der Waals surface area contributed by atoms with Crippen molar-refractivity contribution in [2.75, 3.05) is 18.1 Å². The highest BCUT2D eigenvalue weighted by atomic mass is 35.5. The lowest BCUT2D eigenvalue weighted by Crippen LogP contribution is -2.29. The topological polar surface area (TPSA) is 102 Å². The summed E-state index contributed by atoms with van der Waals surface area (Å²) in [7, 11) is 0. The number of hydrogen-bond acceptors (Lipinski definition) is 9. The molecule has 1 unspecified atom stereocenters. The molecule has 0 spiro atoms. The van der Waals surface area contributed by atoms with E-state index in [0.717, 1.165) is 23.3 Å². The van der Waals surface area contributed by atoms with Gasteiger partial charge in [-0.1, -0.05) is 84.1 Å². The first-order valence-electron chi connectivity index (χ1n) is 13.6. The molecule has 44 heavy (non-hydrogen) atoms. The minimum Gasteiger partial charge on any atom is -0.507 e. The molecule has 5 rings (SSSR count). The minimum absolute atomic E-state index is 0.0608. The maximum atomic E-state index is 13.6. The third-order valence-corrected chi connectivity index (χ3v) is 9.27. The van der Waals surface area contributed by atoms with Gasteiger partial charge in [-0.25, -0.2) is 0 Å². The van der Waals surface area contributed by atoms with Gasteiger partial charge in [0.15, 0.2) is 4.34 Å². The van der Waals surface area contributed by atoms with E-state index >= 15 is 0 Å². The molecule has 1 amide bonds. The summed E-state index contributed by atoms with van der Waals surface area (Å²) >= 11 is 14.9. The molecule has 2 heterocycles. The molecule has 1 aromatic heterocycles. The molecular weight excluding hydrogens is 641 g/mol. The van der Waals surface area contributed by atoms with E-state index < -0.39 is 17.7 Å². The van der Waals surface area contributed by atoms with Gasteiger partial charge in [-0.2, -0.15) is 0 Å². The van der Waals surface area contributed by atoms with Crippen LogP contribution in [0.3, 0.4) is 0 Å². The van der Waals surface area contributed by atoms with Crippen molar-refractivity contribution < 1.29 is 24.2 Å². The maximum absolute atomic E-state index is 13.6. The van der Waals surface area contributed by atoms with Gasteiger partial charge in [-0.15, -0.1) is 10.2 Å².